The van der Waals surface area contributed by atoms with Crippen molar-refractivity contribution in [2.45, 2.75) is 38.3 Å². The number of pyridine rings is 1. The molecule has 0 bridgehead atoms. The van der Waals surface area contributed by atoms with Gasteiger partial charge in [-0.25, -0.2) is 4.39 Å². The molecule has 0 saturated heterocycles. The van der Waals surface area contributed by atoms with E-state index in [1.54, 1.807) is 12.3 Å². The number of nitrogens with zero attached hydrogens (tertiary/aromatic N) is 2. The van der Waals surface area contributed by atoms with Gasteiger partial charge < -0.3 is 5.73 Å². The van der Waals surface area contributed by atoms with E-state index in [1.165, 1.54) is 31.9 Å². The second kappa shape index (κ2) is 6.07. The Balaban J connectivity index is 2.01. The minimum atomic E-state index is -0.262. The lowest BCUT2D eigenvalue weighted by Gasteiger charge is -2.28. The van der Waals surface area contributed by atoms with Crippen LogP contribution in [0.1, 0.15) is 31.2 Å². The van der Waals surface area contributed by atoms with Gasteiger partial charge in [0.15, 0.2) is 0 Å². The molecule has 2 N–H and O–H groups in total. The quantitative estimate of drug-likeness (QED) is 0.850. The minimum absolute atomic E-state index is 0.262. The van der Waals surface area contributed by atoms with Crippen molar-refractivity contribution >= 4 is 0 Å². The summed E-state index contributed by atoms with van der Waals surface area (Å²) in [5.74, 6) is -0.262. The third-order valence-corrected chi connectivity index (χ3v) is 3.40. The van der Waals surface area contributed by atoms with Gasteiger partial charge in [-0.05, 0) is 24.5 Å². The van der Waals surface area contributed by atoms with Crippen molar-refractivity contribution in [1.82, 2.24) is 9.88 Å². The predicted octanol–water partition coefficient (Wildman–Crippen LogP) is 1.92. The molecule has 1 aromatic rings. The fourth-order valence-electron chi connectivity index (χ4n) is 2.60. The normalized spacial score (nSPS) is 16.9. The molecule has 1 aliphatic carbocycles. The Kier molecular flexibility index (Phi) is 4.45. The molecular weight excluding hydrogens is 217 g/mol. The van der Waals surface area contributed by atoms with Crippen molar-refractivity contribution < 1.29 is 4.39 Å². The lowest BCUT2D eigenvalue weighted by Crippen LogP contribution is -2.36. The first kappa shape index (κ1) is 12.5. The van der Waals surface area contributed by atoms with E-state index in [4.69, 9.17) is 5.73 Å². The van der Waals surface area contributed by atoms with Gasteiger partial charge in [0.2, 0.25) is 0 Å². The van der Waals surface area contributed by atoms with E-state index in [1.807, 2.05) is 0 Å². The number of nitrogens with two attached hydrogens (primary N) is 1. The molecular formula is C13H20FN3. The number of hydrogen-bond acceptors (Lipinski definition) is 3. The van der Waals surface area contributed by atoms with Crippen LogP contribution in [0.25, 0.3) is 0 Å². The summed E-state index contributed by atoms with van der Waals surface area (Å²) in [5, 5.41) is 0. The molecule has 4 heteroatoms. The summed E-state index contributed by atoms with van der Waals surface area (Å²) in [6.07, 6.45) is 8.06. The van der Waals surface area contributed by atoms with Gasteiger partial charge in [0.25, 0.3) is 0 Å². The number of halogens is 1. The molecule has 1 aliphatic rings. The highest BCUT2D eigenvalue weighted by Crippen LogP contribution is 2.24. The highest BCUT2D eigenvalue weighted by atomic mass is 19.1. The summed E-state index contributed by atoms with van der Waals surface area (Å²) in [5.41, 5.74) is 6.58. The van der Waals surface area contributed by atoms with Crippen LogP contribution in [0.4, 0.5) is 4.39 Å². The van der Waals surface area contributed by atoms with Gasteiger partial charge in [0.1, 0.15) is 5.82 Å². The second-order valence-electron chi connectivity index (χ2n) is 4.71. The Hall–Kier alpha value is -1.00. The van der Waals surface area contributed by atoms with Crippen LogP contribution in [0.3, 0.4) is 0 Å². The largest absolute Gasteiger partial charge is 0.329 e. The molecule has 17 heavy (non-hydrogen) atoms. The third kappa shape index (κ3) is 3.48. The number of rotatable bonds is 5. The van der Waals surface area contributed by atoms with E-state index in [0.717, 1.165) is 18.7 Å². The van der Waals surface area contributed by atoms with Crippen molar-refractivity contribution in [3.05, 3.63) is 29.8 Å². The van der Waals surface area contributed by atoms with Crippen LogP contribution in [0.5, 0.6) is 0 Å². The lowest BCUT2D eigenvalue weighted by atomic mass is 10.1. The molecule has 3 nitrogen and oxygen atoms in total. The van der Waals surface area contributed by atoms with E-state index in [-0.39, 0.29) is 5.82 Å². The van der Waals surface area contributed by atoms with Gasteiger partial charge in [-0.3, -0.25) is 9.88 Å². The standard InChI is InChI=1S/C13H20FN3/c14-12-7-11(8-16-9-12)10-17(6-5-15)13-3-1-2-4-13/h7-9,13H,1-6,10,15H2. The van der Waals surface area contributed by atoms with E-state index in [2.05, 4.69) is 9.88 Å². The Labute approximate surface area is 102 Å². The molecule has 1 fully saturated rings. The average Bonchev–Trinajstić information content (AvgIpc) is 2.82. The van der Waals surface area contributed by atoms with Gasteiger partial charge in [-0.1, -0.05) is 12.8 Å². The fraction of sp³-hybridized carbons (Fsp3) is 0.615. The maximum Gasteiger partial charge on any atom is 0.141 e. The van der Waals surface area contributed by atoms with Crippen molar-refractivity contribution in [2.75, 3.05) is 13.1 Å². The maximum atomic E-state index is 13.1. The van der Waals surface area contributed by atoms with E-state index in [9.17, 15) is 4.39 Å². The zero-order valence-corrected chi connectivity index (χ0v) is 10.1. The second-order valence-corrected chi connectivity index (χ2v) is 4.71. The van der Waals surface area contributed by atoms with E-state index in [0.29, 0.717) is 12.6 Å². The highest BCUT2D eigenvalue weighted by Gasteiger charge is 2.22. The first-order valence-corrected chi connectivity index (χ1v) is 6.33. The van der Waals surface area contributed by atoms with Crippen LogP contribution in [0.2, 0.25) is 0 Å². The molecule has 0 spiro atoms. The first-order valence-electron chi connectivity index (χ1n) is 6.33. The van der Waals surface area contributed by atoms with E-state index < -0.39 is 0 Å². The molecule has 0 amide bonds. The van der Waals surface area contributed by atoms with Crippen LogP contribution in [0.15, 0.2) is 18.5 Å². The molecule has 0 radical (unpaired) electrons. The minimum Gasteiger partial charge on any atom is -0.329 e. The van der Waals surface area contributed by atoms with Crippen molar-refractivity contribution in [2.24, 2.45) is 5.73 Å². The summed E-state index contributed by atoms with van der Waals surface area (Å²) in [4.78, 5) is 6.26. The molecule has 2 rings (SSSR count). The van der Waals surface area contributed by atoms with Gasteiger partial charge >= 0.3 is 0 Å². The highest BCUT2D eigenvalue weighted by molar-refractivity contribution is 5.10. The SMILES string of the molecule is NCCN(Cc1cncc(F)c1)C1CCCC1. The number of aromatic nitrogens is 1. The smallest absolute Gasteiger partial charge is 0.141 e. The predicted molar refractivity (Wildman–Crippen MR) is 65.9 cm³/mol. The summed E-state index contributed by atoms with van der Waals surface area (Å²) in [6.45, 7) is 2.28. The summed E-state index contributed by atoms with van der Waals surface area (Å²) in [7, 11) is 0. The molecule has 1 heterocycles. The molecule has 0 atom stereocenters. The molecule has 0 aliphatic heterocycles. The van der Waals surface area contributed by atoms with Crippen LogP contribution < -0.4 is 5.73 Å². The summed E-state index contributed by atoms with van der Waals surface area (Å²) < 4.78 is 13.1. The Morgan fingerprint density at radius 2 is 2.12 bits per heavy atom. The summed E-state index contributed by atoms with van der Waals surface area (Å²) >= 11 is 0. The zero-order valence-electron chi connectivity index (χ0n) is 10.1. The Morgan fingerprint density at radius 3 is 2.76 bits per heavy atom. The zero-order chi connectivity index (χ0) is 12.1. The molecule has 94 valence electrons. The maximum absolute atomic E-state index is 13.1. The molecule has 0 aromatic carbocycles. The average molecular weight is 237 g/mol. The van der Waals surface area contributed by atoms with Gasteiger partial charge in [-0.2, -0.15) is 0 Å². The van der Waals surface area contributed by atoms with Gasteiger partial charge in [0, 0.05) is 31.9 Å². The monoisotopic (exact) mass is 237 g/mol. The van der Waals surface area contributed by atoms with Crippen LogP contribution in [-0.4, -0.2) is 29.0 Å². The van der Waals surface area contributed by atoms with E-state index >= 15 is 0 Å². The molecule has 0 unspecified atom stereocenters. The van der Waals surface area contributed by atoms with Gasteiger partial charge in [-0.15, -0.1) is 0 Å². The van der Waals surface area contributed by atoms with Crippen molar-refractivity contribution in [3.63, 3.8) is 0 Å². The molecule has 1 saturated carbocycles. The number of hydrogen-bond donors (Lipinski definition) is 1. The Morgan fingerprint density at radius 1 is 1.35 bits per heavy atom. The summed E-state index contributed by atoms with van der Waals surface area (Å²) in [6, 6.07) is 2.17. The topological polar surface area (TPSA) is 42.1 Å². The first-order chi connectivity index (χ1) is 8.29. The molecule has 1 aromatic heterocycles. The third-order valence-electron chi connectivity index (χ3n) is 3.40. The van der Waals surface area contributed by atoms with Gasteiger partial charge in [0.05, 0.1) is 6.20 Å². The Bertz CT molecular complexity index is 350. The van der Waals surface area contributed by atoms with Crippen molar-refractivity contribution in [1.29, 1.82) is 0 Å². The van der Waals surface area contributed by atoms with Crippen LogP contribution in [-0.2, 0) is 6.54 Å². The van der Waals surface area contributed by atoms with Crippen molar-refractivity contribution in [3.8, 4) is 0 Å². The van der Waals surface area contributed by atoms with Crippen LogP contribution >= 0.6 is 0 Å². The lowest BCUT2D eigenvalue weighted by molar-refractivity contribution is 0.195. The fourth-order valence-corrected chi connectivity index (χ4v) is 2.60. The van der Waals surface area contributed by atoms with Crippen LogP contribution in [0, 0.1) is 5.82 Å².